The number of aromatic nitrogens is 4. The molecule has 23 heavy (non-hydrogen) atoms. The van der Waals surface area contributed by atoms with Gasteiger partial charge in [0.15, 0.2) is 5.82 Å². The van der Waals surface area contributed by atoms with E-state index in [2.05, 4.69) is 25.3 Å². The molecule has 2 heterocycles. The van der Waals surface area contributed by atoms with Gasteiger partial charge in [0.2, 0.25) is 11.9 Å². The van der Waals surface area contributed by atoms with Gasteiger partial charge < -0.3 is 11.1 Å². The minimum absolute atomic E-state index is 0.0570. The molecule has 1 fully saturated rings. The van der Waals surface area contributed by atoms with Crippen LogP contribution in [0.2, 0.25) is 0 Å². The van der Waals surface area contributed by atoms with Gasteiger partial charge in [-0.25, -0.2) is 0 Å². The molecule has 1 atom stereocenters. The van der Waals surface area contributed by atoms with Crippen molar-refractivity contribution < 1.29 is 13.2 Å². The Balaban J connectivity index is 1.91. The molecule has 3 N–H and O–H groups in total. The monoisotopic (exact) mass is 324 g/mol. The summed E-state index contributed by atoms with van der Waals surface area (Å²) in [6.07, 6.45) is -0.193. The molecule has 6 nitrogen and oxygen atoms in total. The Hall–Kier alpha value is -2.45. The second-order valence-corrected chi connectivity index (χ2v) is 5.57. The molecular formula is C14H15F3N6. The summed E-state index contributed by atoms with van der Waals surface area (Å²) >= 11 is 0. The van der Waals surface area contributed by atoms with Gasteiger partial charge in [0.25, 0.3) is 0 Å². The van der Waals surface area contributed by atoms with Crippen molar-refractivity contribution in [3.8, 4) is 11.4 Å². The van der Waals surface area contributed by atoms with Gasteiger partial charge in [0, 0.05) is 24.0 Å². The smallest absolute Gasteiger partial charge is 0.368 e. The van der Waals surface area contributed by atoms with Gasteiger partial charge in [0.1, 0.15) is 0 Å². The molecule has 122 valence electrons. The quantitative estimate of drug-likeness (QED) is 0.899. The van der Waals surface area contributed by atoms with Crippen LogP contribution in [-0.2, 0) is 6.18 Å². The van der Waals surface area contributed by atoms with E-state index in [0.717, 1.165) is 25.1 Å². The third-order valence-electron chi connectivity index (χ3n) is 3.66. The summed E-state index contributed by atoms with van der Waals surface area (Å²) in [5.41, 5.74) is 4.91. The number of hydrogen-bond donors (Lipinski definition) is 2. The highest BCUT2D eigenvalue weighted by Gasteiger charge is 2.31. The van der Waals surface area contributed by atoms with Crippen LogP contribution in [0.25, 0.3) is 11.4 Å². The zero-order chi connectivity index (χ0) is 16.6. The van der Waals surface area contributed by atoms with E-state index in [1.165, 1.54) is 6.20 Å². The Morgan fingerprint density at radius 2 is 1.96 bits per heavy atom. The Morgan fingerprint density at radius 1 is 1.22 bits per heavy atom. The first kappa shape index (κ1) is 15.4. The highest BCUT2D eigenvalue weighted by atomic mass is 19.4. The Morgan fingerprint density at radius 3 is 2.61 bits per heavy atom. The van der Waals surface area contributed by atoms with Crippen molar-refractivity contribution in [2.24, 2.45) is 5.92 Å². The highest BCUT2D eigenvalue weighted by molar-refractivity contribution is 5.57. The van der Waals surface area contributed by atoms with Gasteiger partial charge in [-0.15, -0.1) is 0 Å². The molecule has 0 aliphatic heterocycles. The Bertz CT molecular complexity index is 714. The molecule has 0 saturated heterocycles. The van der Waals surface area contributed by atoms with Crippen LogP contribution in [0, 0.1) is 5.92 Å². The fourth-order valence-electron chi connectivity index (χ4n) is 2.22. The van der Waals surface area contributed by atoms with Gasteiger partial charge in [-0.2, -0.15) is 28.1 Å². The number of nitrogen functional groups attached to an aromatic ring is 1. The number of hydrogen-bond acceptors (Lipinski definition) is 6. The van der Waals surface area contributed by atoms with Crippen LogP contribution >= 0.6 is 0 Å². The molecule has 0 spiro atoms. The van der Waals surface area contributed by atoms with E-state index in [4.69, 9.17) is 5.73 Å². The fourth-order valence-corrected chi connectivity index (χ4v) is 2.22. The SMILES string of the molecule is CC(Nc1nc(N)nc(-c2cncc(C(F)(F)F)c2)n1)C1CC1. The lowest BCUT2D eigenvalue weighted by Crippen LogP contribution is -2.20. The number of nitrogens with one attached hydrogen (secondary N) is 1. The molecular weight excluding hydrogens is 309 g/mol. The van der Waals surface area contributed by atoms with Crippen LogP contribution in [0.5, 0.6) is 0 Å². The summed E-state index contributed by atoms with van der Waals surface area (Å²) in [5.74, 6) is 0.815. The molecule has 1 unspecified atom stereocenters. The molecule has 0 bridgehead atoms. The van der Waals surface area contributed by atoms with Crippen LogP contribution in [0.4, 0.5) is 25.1 Å². The first-order chi connectivity index (χ1) is 10.8. The Kier molecular flexibility index (Phi) is 3.78. The van der Waals surface area contributed by atoms with Crippen LogP contribution in [0.15, 0.2) is 18.5 Å². The van der Waals surface area contributed by atoms with Crippen molar-refractivity contribution in [3.63, 3.8) is 0 Å². The normalized spacial score (nSPS) is 16.2. The number of alkyl halides is 3. The summed E-state index contributed by atoms with van der Waals surface area (Å²) in [4.78, 5) is 15.6. The molecule has 9 heteroatoms. The summed E-state index contributed by atoms with van der Waals surface area (Å²) < 4.78 is 38.3. The standard InChI is InChI=1S/C14H15F3N6/c1-7(8-2-3-8)20-13-22-11(21-12(18)23-13)9-4-10(6-19-5-9)14(15,16)17/h4-8H,2-3H2,1H3,(H3,18,20,21,22,23). The molecule has 2 aromatic heterocycles. The largest absolute Gasteiger partial charge is 0.417 e. The van der Waals surface area contributed by atoms with Crippen molar-refractivity contribution in [2.45, 2.75) is 32.0 Å². The fraction of sp³-hybridized carbons (Fsp3) is 0.429. The van der Waals surface area contributed by atoms with E-state index >= 15 is 0 Å². The maximum atomic E-state index is 12.8. The Labute approximate surface area is 130 Å². The molecule has 3 rings (SSSR count). The molecule has 1 saturated carbocycles. The average molecular weight is 324 g/mol. The van der Waals surface area contributed by atoms with Gasteiger partial charge in [-0.05, 0) is 31.7 Å². The van der Waals surface area contributed by atoms with E-state index in [9.17, 15) is 13.2 Å². The lowest BCUT2D eigenvalue weighted by atomic mass is 10.2. The van der Waals surface area contributed by atoms with Gasteiger partial charge in [0.05, 0.1) is 5.56 Å². The van der Waals surface area contributed by atoms with E-state index in [-0.39, 0.29) is 29.3 Å². The molecule has 0 radical (unpaired) electrons. The first-order valence-electron chi connectivity index (χ1n) is 7.13. The number of pyridine rings is 1. The summed E-state index contributed by atoms with van der Waals surface area (Å²) in [6.45, 7) is 2.00. The van der Waals surface area contributed by atoms with Gasteiger partial charge >= 0.3 is 6.18 Å². The third kappa shape index (κ3) is 3.66. The van der Waals surface area contributed by atoms with Crippen molar-refractivity contribution in [3.05, 3.63) is 24.0 Å². The average Bonchev–Trinajstić information content (AvgIpc) is 3.30. The predicted molar refractivity (Wildman–Crippen MR) is 78.3 cm³/mol. The number of nitrogens with two attached hydrogens (primary N) is 1. The maximum absolute atomic E-state index is 12.8. The molecule has 2 aromatic rings. The lowest BCUT2D eigenvalue weighted by Gasteiger charge is -2.13. The minimum atomic E-state index is -4.48. The number of nitrogens with zero attached hydrogens (tertiary/aromatic N) is 4. The van der Waals surface area contributed by atoms with Gasteiger partial charge in [-0.1, -0.05) is 0 Å². The molecule has 1 aliphatic carbocycles. The van der Waals surface area contributed by atoms with Crippen LogP contribution in [-0.4, -0.2) is 26.0 Å². The van der Waals surface area contributed by atoms with Crippen molar-refractivity contribution in [2.75, 3.05) is 11.1 Å². The predicted octanol–water partition coefficient (Wildman–Crippen LogP) is 2.75. The minimum Gasteiger partial charge on any atom is -0.368 e. The molecule has 1 aliphatic rings. The topological polar surface area (TPSA) is 89.6 Å². The van der Waals surface area contributed by atoms with Crippen LogP contribution in [0.3, 0.4) is 0 Å². The van der Waals surface area contributed by atoms with Crippen molar-refractivity contribution in [1.29, 1.82) is 0 Å². The lowest BCUT2D eigenvalue weighted by molar-refractivity contribution is -0.137. The van der Waals surface area contributed by atoms with Crippen molar-refractivity contribution in [1.82, 2.24) is 19.9 Å². The molecule has 0 aromatic carbocycles. The summed E-state index contributed by atoms with van der Waals surface area (Å²) in [7, 11) is 0. The number of halogens is 3. The molecule has 0 amide bonds. The summed E-state index contributed by atoms with van der Waals surface area (Å²) in [5, 5.41) is 3.11. The second-order valence-electron chi connectivity index (χ2n) is 5.57. The van der Waals surface area contributed by atoms with Gasteiger partial charge in [-0.3, -0.25) is 4.98 Å². The van der Waals surface area contributed by atoms with E-state index < -0.39 is 11.7 Å². The summed E-state index contributed by atoms with van der Waals surface area (Å²) in [6, 6.07) is 1.11. The number of rotatable bonds is 4. The highest BCUT2D eigenvalue weighted by Crippen LogP contribution is 2.34. The van der Waals surface area contributed by atoms with E-state index in [1.54, 1.807) is 0 Å². The second kappa shape index (κ2) is 5.64. The zero-order valence-corrected chi connectivity index (χ0v) is 12.3. The maximum Gasteiger partial charge on any atom is 0.417 e. The zero-order valence-electron chi connectivity index (χ0n) is 12.3. The number of anilines is 2. The van der Waals surface area contributed by atoms with E-state index in [1.807, 2.05) is 6.92 Å². The van der Waals surface area contributed by atoms with Crippen LogP contribution in [0.1, 0.15) is 25.3 Å². The van der Waals surface area contributed by atoms with E-state index in [0.29, 0.717) is 5.92 Å². The van der Waals surface area contributed by atoms with Crippen LogP contribution < -0.4 is 11.1 Å². The van der Waals surface area contributed by atoms with Crippen molar-refractivity contribution >= 4 is 11.9 Å². The third-order valence-corrected chi connectivity index (χ3v) is 3.66. The first-order valence-corrected chi connectivity index (χ1v) is 7.13.